The van der Waals surface area contributed by atoms with Crippen LogP contribution >= 0.6 is 0 Å². The number of carbonyl (C=O) groups excluding carboxylic acids is 1. The lowest BCUT2D eigenvalue weighted by molar-refractivity contribution is 0.0586. The maximum absolute atomic E-state index is 13.0. The Balaban J connectivity index is 2.50. The molecule has 0 radical (unpaired) electrons. The van der Waals surface area contributed by atoms with Crippen molar-refractivity contribution in [2.24, 2.45) is 0 Å². The summed E-state index contributed by atoms with van der Waals surface area (Å²) in [5, 5.41) is 12.8. The minimum atomic E-state index is -1.32. The monoisotopic (exact) mass is 265 g/mol. The summed E-state index contributed by atoms with van der Waals surface area (Å²) in [4.78, 5) is 25.9. The summed E-state index contributed by atoms with van der Waals surface area (Å²) in [5.41, 5.74) is -0.196. The van der Waals surface area contributed by atoms with Gasteiger partial charge in [0.2, 0.25) is 0 Å². The fraction of sp³-hybridized carbons (Fsp3) is 0.0909. The second-order valence-electron chi connectivity index (χ2n) is 3.47. The second-order valence-corrected chi connectivity index (χ2v) is 3.47. The summed E-state index contributed by atoms with van der Waals surface area (Å²) in [5.74, 6) is -2.97. The predicted octanol–water partition coefficient (Wildman–Crippen LogP) is 0.891. The van der Waals surface area contributed by atoms with Crippen LogP contribution in [0.3, 0.4) is 0 Å². The Hall–Kier alpha value is -2.77. The average Bonchev–Trinajstić information content (AvgIpc) is 2.87. The van der Waals surface area contributed by atoms with E-state index in [-0.39, 0.29) is 17.1 Å². The van der Waals surface area contributed by atoms with Crippen molar-refractivity contribution in [2.75, 3.05) is 7.11 Å². The predicted molar refractivity (Wildman–Crippen MR) is 59.6 cm³/mol. The van der Waals surface area contributed by atoms with Gasteiger partial charge in [-0.15, -0.1) is 5.10 Å². The van der Waals surface area contributed by atoms with Gasteiger partial charge in [-0.2, -0.15) is 0 Å². The van der Waals surface area contributed by atoms with Crippen molar-refractivity contribution in [1.82, 2.24) is 14.8 Å². The lowest BCUT2D eigenvalue weighted by Crippen LogP contribution is -2.08. The van der Waals surface area contributed by atoms with E-state index >= 15 is 0 Å². The van der Waals surface area contributed by atoms with Crippen molar-refractivity contribution in [3.05, 3.63) is 41.7 Å². The van der Waals surface area contributed by atoms with Gasteiger partial charge >= 0.3 is 11.9 Å². The fourth-order valence-electron chi connectivity index (χ4n) is 1.44. The number of rotatable bonds is 3. The molecule has 1 heterocycles. The molecule has 98 valence electrons. The van der Waals surface area contributed by atoms with Crippen LogP contribution in [0, 0.1) is 5.82 Å². The lowest BCUT2D eigenvalue weighted by atomic mass is 10.2. The number of aromatic carboxylic acids is 1. The van der Waals surface area contributed by atoms with Crippen LogP contribution in [0.15, 0.2) is 24.5 Å². The van der Waals surface area contributed by atoms with E-state index in [9.17, 15) is 14.0 Å². The van der Waals surface area contributed by atoms with Crippen LogP contribution in [-0.2, 0) is 4.74 Å². The molecule has 0 spiro atoms. The van der Waals surface area contributed by atoms with Gasteiger partial charge < -0.3 is 9.84 Å². The van der Waals surface area contributed by atoms with E-state index in [1.165, 1.54) is 13.2 Å². The minimum absolute atomic E-state index is 0.0940. The summed E-state index contributed by atoms with van der Waals surface area (Å²) < 4.78 is 18.5. The molecule has 0 saturated carbocycles. The van der Waals surface area contributed by atoms with E-state index in [0.29, 0.717) is 0 Å². The first kappa shape index (κ1) is 12.7. The summed E-state index contributed by atoms with van der Waals surface area (Å²) in [6.07, 6.45) is 1.14. The summed E-state index contributed by atoms with van der Waals surface area (Å²) >= 11 is 0. The van der Waals surface area contributed by atoms with Gasteiger partial charge in [0.15, 0.2) is 0 Å². The highest BCUT2D eigenvalue weighted by molar-refractivity contribution is 5.92. The number of methoxy groups -OCH3 is 1. The zero-order valence-electron chi connectivity index (χ0n) is 9.70. The van der Waals surface area contributed by atoms with Gasteiger partial charge in [-0.05, 0) is 18.2 Å². The SMILES string of the molecule is COC(=O)c1ncn(-c2ccc(F)cc2C(=O)O)n1. The first-order valence-corrected chi connectivity index (χ1v) is 5.06. The Bertz CT molecular complexity index is 653. The Labute approximate surface area is 106 Å². The van der Waals surface area contributed by atoms with E-state index in [1.54, 1.807) is 0 Å². The minimum Gasteiger partial charge on any atom is -0.478 e. The third kappa shape index (κ3) is 2.41. The number of carboxylic acids is 1. The maximum atomic E-state index is 13.0. The molecule has 2 aromatic rings. The number of ether oxygens (including phenoxy) is 1. The van der Waals surface area contributed by atoms with Gasteiger partial charge in [-0.1, -0.05) is 0 Å². The quantitative estimate of drug-likeness (QED) is 0.828. The molecule has 0 amide bonds. The van der Waals surface area contributed by atoms with Crippen molar-refractivity contribution >= 4 is 11.9 Å². The molecule has 0 aliphatic heterocycles. The highest BCUT2D eigenvalue weighted by Crippen LogP contribution is 2.15. The van der Waals surface area contributed by atoms with Crippen molar-refractivity contribution in [1.29, 1.82) is 0 Å². The van der Waals surface area contributed by atoms with Crippen molar-refractivity contribution in [3.63, 3.8) is 0 Å². The fourth-order valence-corrected chi connectivity index (χ4v) is 1.44. The molecular weight excluding hydrogens is 257 g/mol. The van der Waals surface area contributed by atoms with Crippen LogP contribution in [0.5, 0.6) is 0 Å². The van der Waals surface area contributed by atoms with Crippen LogP contribution in [0.2, 0.25) is 0 Å². The molecule has 0 fully saturated rings. The van der Waals surface area contributed by atoms with Gasteiger partial charge in [0.1, 0.15) is 12.1 Å². The zero-order chi connectivity index (χ0) is 14.0. The van der Waals surface area contributed by atoms with Gasteiger partial charge in [0, 0.05) is 0 Å². The number of hydrogen-bond acceptors (Lipinski definition) is 5. The molecular formula is C11H8FN3O4. The molecule has 1 N–H and O–H groups in total. The molecule has 8 heteroatoms. The van der Waals surface area contributed by atoms with Crippen molar-refractivity contribution in [3.8, 4) is 5.69 Å². The number of carboxylic acid groups (broad SMARTS) is 1. The Morgan fingerprint density at radius 2 is 2.16 bits per heavy atom. The molecule has 7 nitrogen and oxygen atoms in total. The largest absolute Gasteiger partial charge is 0.478 e. The number of esters is 1. The molecule has 0 bridgehead atoms. The maximum Gasteiger partial charge on any atom is 0.377 e. The number of hydrogen-bond donors (Lipinski definition) is 1. The number of benzene rings is 1. The summed E-state index contributed by atoms with van der Waals surface area (Å²) in [6.45, 7) is 0. The summed E-state index contributed by atoms with van der Waals surface area (Å²) in [7, 11) is 1.17. The van der Waals surface area contributed by atoms with E-state index in [0.717, 1.165) is 23.1 Å². The van der Waals surface area contributed by atoms with E-state index < -0.39 is 17.8 Å². The molecule has 0 atom stereocenters. The van der Waals surface area contributed by atoms with Gasteiger partial charge in [0.25, 0.3) is 5.82 Å². The zero-order valence-corrected chi connectivity index (χ0v) is 9.70. The molecule has 0 saturated heterocycles. The Morgan fingerprint density at radius 1 is 1.42 bits per heavy atom. The number of carbonyl (C=O) groups is 2. The standard InChI is InChI=1S/C11H8FN3O4/c1-19-11(18)9-13-5-15(14-9)8-3-2-6(12)4-7(8)10(16)17/h2-5H,1H3,(H,16,17). The first-order chi connectivity index (χ1) is 9.02. The number of aromatic nitrogens is 3. The first-order valence-electron chi connectivity index (χ1n) is 5.06. The van der Waals surface area contributed by atoms with Crippen molar-refractivity contribution < 1.29 is 23.8 Å². The smallest absolute Gasteiger partial charge is 0.377 e. The highest BCUT2D eigenvalue weighted by Gasteiger charge is 2.17. The van der Waals surface area contributed by atoms with Crippen LogP contribution in [0.4, 0.5) is 4.39 Å². The molecule has 0 aliphatic carbocycles. The second kappa shape index (κ2) is 4.84. The lowest BCUT2D eigenvalue weighted by Gasteiger charge is -2.04. The Kier molecular flexibility index (Phi) is 3.23. The molecule has 0 aliphatic rings. The average molecular weight is 265 g/mol. The van der Waals surface area contributed by atoms with E-state index in [2.05, 4.69) is 14.8 Å². The Morgan fingerprint density at radius 3 is 2.79 bits per heavy atom. The molecule has 1 aromatic carbocycles. The third-order valence-corrected chi connectivity index (χ3v) is 2.30. The molecule has 0 unspecified atom stereocenters. The number of halogens is 1. The van der Waals surface area contributed by atoms with Crippen LogP contribution in [-0.4, -0.2) is 38.9 Å². The molecule has 1 aromatic heterocycles. The molecule has 2 rings (SSSR count). The third-order valence-electron chi connectivity index (χ3n) is 2.30. The summed E-state index contributed by atoms with van der Waals surface area (Å²) in [6, 6.07) is 3.17. The normalized spacial score (nSPS) is 10.2. The van der Waals surface area contributed by atoms with Crippen molar-refractivity contribution in [2.45, 2.75) is 0 Å². The highest BCUT2D eigenvalue weighted by atomic mass is 19.1. The van der Waals surface area contributed by atoms with Crippen LogP contribution < -0.4 is 0 Å². The van der Waals surface area contributed by atoms with Crippen LogP contribution in [0.1, 0.15) is 21.0 Å². The number of nitrogens with zero attached hydrogens (tertiary/aromatic N) is 3. The van der Waals surface area contributed by atoms with E-state index in [4.69, 9.17) is 5.11 Å². The van der Waals surface area contributed by atoms with Crippen LogP contribution in [0.25, 0.3) is 5.69 Å². The topological polar surface area (TPSA) is 94.3 Å². The van der Waals surface area contributed by atoms with Gasteiger partial charge in [-0.3, -0.25) is 0 Å². The van der Waals surface area contributed by atoms with Gasteiger partial charge in [0.05, 0.1) is 18.4 Å². The molecule has 19 heavy (non-hydrogen) atoms. The van der Waals surface area contributed by atoms with Gasteiger partial charge in [-0.25, -0.2) is 23.6 Å². The van der Waals surface area contributed by atoms with E-state index in [1.807, 2.05) is 0 Å².